The van der Waals surface area contributed by atoms with Gasteiger partial charge in [0.1, 0.15) is 0 Å². The lowest BCUT2D eigenvalue weighted by atomic mass is 9.65. The predicted octanol–water partition coefficient (Wildman–Crippen LogP) is 4.42. The first-order valence-electron chi connectivity index (χ1n) is 10.4. The minimum absolute atomic E-state index is 0. The van der Waals surface area contributed by atoms with Crippen LogP contribution in [0.4, 0.5) is 0 Å². The fraction of sp³-hybridized carbons (Fsp3) is 0.762. The second-order valence-electron chi connectivity index (χ2n) is 8.06. The van der Waals surface area contributed by atoms with Gasteiger partial charge in [-0.2, -0.15) is 0 Å². The van der Waals surface area contributed by atoms with E-state index in [1.165, 1.54) is 24.1 Å². The molecular formula is C21H37Cl2N3OS. The number of hydrogen-bond donors (Lipinski definition) is 1. The van der Waals surface area contributed by atoms with Gasteiger partial charge in [0.05, 0.1) is 6.54 Å². The number of nitrogens with two attached hydrogens (primary N) is 1. The summed E-state index contributed by atoms with van der Waals surface area (Å²) < 4.78 is 0. The van der Waals surface area contributed by atoms with Gasteiger partial charge in [0.15, 0.2) is 0 Å². The number of halogens is 2. The molecule has 3 rings (SSSR count). The largest absolute Gasteiger partial charge is 0.336 e. The van der Waals surface area contributed by atoms with Crippen molar-refractivity contribution in [3.05, 3.63) is 22.4 Å². The van der Waals surface area contributed by atoms with Crippen molar-refractivity contribution in [1.82, 2.24) is 9.80 Å². The Kier molecular flexibility index (Phi) is 11.4. The number of carbonyl (C=O) groups excluding carboxylic acids is 1. The standard InChI is InChI=1S/C21H35N3OS.2ClH/c1-3-23(4-2)10-11-24(15-19-9-6-12-26-19)21(25)18-13-16-7-5-8-17(14-18)20(16)22;;/h6,9,12,16-18,20H,3-5,7-8,10-11,13-15,22H2,1-2H3;2*1H. The van der Waals surface area contributed by atoms with Crippen LogP contribution >= 0.6 is 36.2 Å². The van der Waals surface area contributed by atoms with Crippen molar-refractivity contribution in [2.45, 2.75) is 58.5 Å². The molecule has 28 heavy (non-hydrogen) atoms. The smallest absolute Gasteiger partial charge is 0.226 e. The molecule has 1 aromatic heterocycles. The van der Waals surface area contributed by atoms with E-state index in [-0.39, 0.29) is 30.7 Å². The van der Waals surface area contributed by atoms with Crippen LogP contribution in [0, 0.1) is 17.8 Å². The molecule has 4 nitrogen and oxygen atoms in total. The number of likely N-dealkylation sites (N-methyl/N-ethyl adjacent to an activating group) is 1. The van der Waals surface area contributed by atoms with Crippen LogP contribution in [0.3, 0.4) is 0 Å². The molecule has 0 aromatic carbocycles. The molecule has 0 aliphatic heterocycles. The SMILES string of the molecule is CCN(CC)CCN(Cc1cccs1)C(=O)C1CC2CCCC(C1)C2N.Cl.Cl. The zero-order chi connectivity index (χ0) is 18.5. The first kappa shape index (κ1) is 25.7. The Morgan fingerprint density at radius 1 is 1.14 bits per heavy atom. The summed E-state index contributed by atoms with van der Waals surface area (Å²) in [5.41, 5.74) is 6.44. The van der Waals surface area contributed by atoms with Gasteiger partial charge in [-0.3, -0.25) is 4.79 Å². The molecule has 2 atom stereocenters. The fourth-order valence-electron chi connectivity index (χ4n) is 4.91. The van der Waals surface area contributed by atoms with Crippen LogP contribution < -0.4 is 5.73 Å². The van der Waals surface area contributed by atoms with Crippen LogP contribution in [0.2, 0.25) is 0 Å². The Morgan fingerprint density at radius 3 is 2.32 bits per heavy atom. The first-order valence-corrected chi connectivity index (χ1v) is 11.3. The van der Waals surface area contributed by atoms with Crippen molar-refractivity contribution in [1.29, 1.82) is 0 Å². The molecule has 1 amide bonds. The summed E-state index contributed by atoms with van der Waals surface area (Å²) in [6.45, 7) is 9.02. The number of rotatable bonds is 8. The molecule has 1 aromatic rings. The molecule has 2 N–H and O–H groups in total. The number of hydrogen-bond acceptors (Lipinski definition) is 4. The molecule has 162 valence electrons. The number of fused-ring (bicyclic) bond motifs is 2. The van der Waals surface area contributed by atoms with Gasteiger partial charge >= 0.3 is 0 Å². The molecular weight excluding hydrogens is 413 g/mol. The number of carbonyl (C=O) groups is 1. The maximum Gasteiger partial charge on any atom is 0.226 e. The lowest BCUT2D eigenvalue weighted by Crippen LogP contribution is -2.50. The van der Waals surface area contributed by atoms with Crippen LogP contribution in [-0.4, -0.2) is 47.9 Å². The molecule has 2 aliphatic carbocycles. The molecule has 1 heterocycles. The lowest BCUT2D eigenvalue weighted by molar-refractivity contribution is -0.139. The van der Waals surface area contributed by atoms with Gasteiger partial charge in [-0.25, -0.2) is 0 Å². The number of nitrogens with zero attached hydrogens (tertiary/aromatic N) is 2. The molecule has 2 bridgehead atoms. The van der Waals surface area contributed by atoms with E-state index in [1.54, 1.807) is 11.3 Å². The van der Waals surface area contributed by atoms with Gasteiger partial charge in [0.2, 0.25) is 5.91 Å². The lowest BCUT2D eigenvalue weighted by Gasteiger charge is -2.44. The molecule has 2 aliphatic rings. The average Bonchev–Trinajstić information content (AvgIpc) is 3.14. The van der Waals surface area contributed by atoms with Gasteiger partial charge in [0.25, 0.3) is 0 Å². The third-order valence-corrected chi connectivity index (χ3v) is 7.44. The Morgan fingerprint density at radius 2 is 1.79 bits per heavy atom. The van der Waals surface area contributed by atoms with Crippen molar-refractivity contribution in [3.63, 3.8) is 0 Å². The monoisotopic (exact) mass is 449 g/mol. The van der Waals surface area contributed by atoms with E-state index in [1.807, 2.05) is 0 Å². The van der Waals surface area contributed by atoms with Gasteiger partial charge in [-0.15, -0.1) is 36.2 Å². The highest BCUT2D eigenvalue weighted by atomic mass is 35.5. The van der Waals surface area contributed by atoms with Crippen molar-refractivity contribution >= 4 is 42.1 Å². The van der Waals surface area contributed by atoms with Gasteiger partial charge < -0.3 is 15.5 Å². The highest BCUT2D eigenvalue weighted by molar-refractivity contribution is 7.09. The predicted molar refractivity (Wildman–Crippen MR) is 124 cm³/mol. The molecule has 0 saturated heterocycles. The summed E-state index contributed by atoms with van der Waals surface area (Å²) in [5.74, 6) is 1.67. The molecule has 7 heteroatoms. The summed E-state index contributed by atoms with van der Waals surface area (Å²) in [6, 6.07) is 4.56. The minimum atomic E-state index is 0. The molecule has 0 spiro atoms. The summed E-state index contributed by atoms with van der Waals surface area (Å²) in [4.78, 5) is 19.2. The van der Waals surface area contributed by atoms with Crippen molar-refractivity contribution < 1.29 is 4.79 Å². The van der Waals surface area contributed by atoms with E-state index < -0.39 is 0 Å². The van der Waals surface area contributed by atoms with E-state index in [9.17, 15) is 4.79 Å². The third kappa shape index (κ3) is 6.33. The zero-order valence-electron chi connectivity index (χ0n) is 17.2. The Bertz CT molecular complexity index is 554. The van der Waals surface area contributed by atoms with Crippen molar-refractivity contribution in [2.24, 2.45) is 23.5 Å². The molecule has 2 unspecified atom stereocenters. The van der Waals surface area contributed by atoms with Crippen LogP contribution in [0.25, 0.3) is 0 Å². The van der Waals surface area contributed by atoms with Gasteiger partial charge in [-0.05, 0) is 62.1 Å². The quantitative estimate of drug-likeness (QED) is 0.638. The number of thiophene rings is 1. The first-order chi connectivity index (χ1) is 12.6. The van der Waals surface area contributed by atoms with E-state index in [4.69, 9.17) is 5.73 Å². The van der Waals surface area contributed by atoms with Crippen LogP contribution in [0.5, 0.6) is 0 Å². The van der Waals surface area contributed by atoms with Crippen molar-refractivity contribution in [3.8, 4) is 0 Å². The van der Waals surface area contributed by atoms with Crippen LogP contribution in [0.1, 0.15) is 50.8 Å². The van der Waals surface area contributed by atoms with E-state index in [0.29, 0.717) is 23.8 Å². The van der Waals surface area contributed by atoms with E-state index in [0.717, 1.165) is 45.6 Å². The fourth-order valence-corrected chi connectivity index (χ4v) is 5.63. The highest BCUT2D eigenvalue weighted by Crippen LogP contribution is 2.42. The topological polar surface area (TPSA) is 49.6 Å². The van der Waals surface area contributed by atoms with Gasteiger partial charge in [-0.1, -0.05) is 26.3 Å². The number of amides is 1. The molecule has 2 saturated carbocycles. The summed E-state index contributed by atoms with van der Waals surface area (Å²) >= 11 is 1.75. The Hall–Kier alpha value is -0.330. The normalized spacial score (nSPS) is 26.3. The second kappa shape index (κ2) is 12.4. The molecule has 2 fully saturated rings. The molecule has 0 radical (unpaired) electrons. The zero-order valence-corrected chi connectivity index (χ0v) is 19.7. The van der Waals surface area contributed by atoms with Gasteiger partial charge in [0, 0.05) is 29.9 Å². The Labute approximate surface area is 187 Å². The maximum absolute atomic E-state index is 13.4. The summed E-state index contributed by atoms with van der Waals surface area (Å²) in [5, 5.41) is 2.10. The van der Waals surface area contributed by atoms with E-state index >= 15 is 0 Å². The highest BCUT2D eigenvalue weighted by Gasteiger charge is 2.41. The van der Waals surface area contributed by atoms with E-state index in [2.05, 4.69) is 41.2 Å². The summed E-state index contributed by atoms with van der Waals surface area (Å²) in [6.07, 6.45) is 5.73. The van der Waals surface area contributed by atoms with Crippen LogP contribution in [-0.2, 0) is 11.3 Å². The summed E-state index contributed by atoms with van der Waals surface area (Å²) in [7, 11) is 0. The Balaban J connectivity index is 0.00000196. The second-order valence-corrected chi connectivity index (χ2v) is 9.10. The minimum Gasteiger partial charge on any atom is -0.336 e. The van der Waals surface area contributed by atoms with Crippen molar-refractivity contribution in [2.75, 3.05) is 26.2 Å². The average molecular weight is 451 g/mol. The third-order valence-electron chi connectivity index (χ3n) is 6.58. The maximum atomic E-state index is 13.4. The van der Waals surface area contributed by atoms with Crippen LogP contribution in [0.15, 0.2) is 17.5 Å².